The zero-order valence-electron chi connectivity index (χ0n) is 10.9. The molecule has 0 bridgehead atoms. The van der Waals surface area contributed by atoms with E-state index in [1.165, 1.54) is 11.9 Å². The minimum Gasteiger partial charge on any atom is -0.426 e. The molecule has 18 heavy (non-hydrogen) atoms. The Labute approximate surface area is 113 Å². The first kappa shape index (κ1) is 14.2. The van der Waals surface area contributed by atoms with Crippen LogP contribution in [-0.2, 0) is 4.79 Å². The first-order valence-electron chi connectivity index (χ1n) is 6.45. The fourth-order valence-corrected chi connectivity index (χ4v) is 3.26. The summed E-state index contributed by atoms with van der Waals surface area (Å²) in [6.45, 7) is 2.74. The molecule has 0 aromatic rings. The Bertz CT molecular complexity index is 325. The minimum atomic E-state index is -1.43. The smallest absolute Gasteiger partial charge is 0.426 e. The van der Waals surface area contributed by atoms with Gasteiger partial charge in [0.25, 0.3) is 0 Å². The highest BCUT2D eigenvalue weighted by atomic mass is 32.2. The van der Waals surface area contributed by atoms with Crippen molar-refractivity contribution in [2.24, 2.45) is 5.41 Å². The van der Waals surface area contributed by atoms with Gasteiger partial charge in [0, 0.05) is 6.54 Å². The van der Waals surface area contributed by atoms with Crippen LogP contribution in [0.25, 0.3) is 0 Å². The maximum absolute atomic E-state index is 12.6. The van der Waals surface area contributed by atoms with E-state index in [0.29, 0.717) is 13.0 Å². The second-order valence-corrected chi connectivity index (χ2v) is 6.21. The van der Waals surface area contributed by atoms with Crippen molar-refractivity contribution in [3.8, 4) is 0 Å². The number of hydrogen-bond acceptors (Lipinski definition) is 5. The second kappa shape index (κ2) is 5.40. The molecule has 0 radical (unpaired) electrons. The molecule has 2 unspecified atom stereocenters. The number of rotatable bonds is 5. The van der Waals surface area contributed by atoms with Crippen LogP contribution >= 0.6 is 11.9 Å². The SMILES string of the molecule is CSNC(C(=O)N1CCCC1B(O)O)C1(C)CC1. The van der Waals surface area contributed by atoms with Crippen molar-refractivity contribution in [3.63, 3.8) is 0 Å². The molecular formula is C11H21BN2O3S. The van der Waals surface area contributed by atoms with E-state index in [-0.39, 0.29) is 17.4 Å². The summed E-state index contributed by atoms with van der Waals surface area (Å²) in [5, 5.41) is 18.7. The van der Waals surface area contributed by atoms with Gasteiger partial charge >= 0.3 is 7.12 Å². The molecule has 0 aromatic heterocycles. The largest absolute Gasteiger partial charge is 0.475 e. The zero-order chi connectivity index (χ0) is 13.3. The molecule has 1 saturated heterocycles. The second-order valence-electron chi connectivity index (χ2n) is 5.56. The predicted octanol–water partition coefficient (Wildman–Crippen LogP) is 0.0257. The van der Waals surface area contributed by atoms with Gasteiger partial charge in [0.1, 0.15) is 6.04 Å². The number of carbonyl (C=O) groups is 1. The summed E-state index contributed by atoms with van der Waals surface area (Å²) < 4.78 is 3.18. The molecule has 2 fully saturated rings. The van der Waals surface area contributed by atoms with Crippen molar-refractivity contribution >= 4 is 25.0 Å². The quantitative estimate of drug-likeness (QED) is 0.486. The molecule has 0 aromatic carbocycles. The van der Waals surface area contributed by atoms with Crippen LogP contribution in [0.2, 0.25) is 0 Å². The number of hydrogen-bond donors (Lipinski definition) is 3. The molecule has 1 heterocycles. The van der Waals surface area contributed by atoms with Crippen molar-refractivity contribution in [1.82, 2.24) is 9.62 Å². The van der Waals surface area contributed by atoms with Crippen LogP contribution < -0.4 is 4.72 Å². The monoisotopic (exact) mass is 272 g/mol. The minimum absolute atomic E-state index is 0.0138. The van der Waals surface area contributed by atoms with Crippen molar-refractivity contribution in [2.45, 2.75) is 44.6 Å². The fourth-order valence-electron chi connectivity index (χ4n) is 2.64. The predicted molar refractivity (Wildman–Crippen MR) is 72.7 cm³/mol. The van der Waals surface area contributed by atoms with Crippen LogP contribution in [0.15, 0.2) is 0 Å². The molecule has 1 amide bonds. The third-order valence-corrected chi connectivity index (χ3v) is 4.62. The molecule has 102 valence electrons. The molecule has 7 heteroatoms. The summed E-state index contributed by atoms with van der Waals surface area (Å²) in [4.78, 5) is 14.2. The Kier molecular flexibility index (Phi) is 4.26. The van der Waals surface area contributed by atoms with Crippen molar-refractivity contribution in [1.29, 1.82) is 0 Å². The van der Waals surface area contributed by atoms with E-state index in [2.05, 4.69) is 11.6 Å². The Balaban J connectivity index is 2.08. The lowest BCUT2D eigenvalue weighted by Crippen LogP contribution is -2.54. The van der Waals surface area contributed by atoms with Crippen LogP contribution in [0.4, 0.5) is 0 Å². The van der Waals surface area contributed by atoms with Gasteiger partial charge < -0.3 is 14.9 Å². The standard InChI is InChI=1S/C11H21BN2O3S/c1-11(5-6-11)9(13-18-2)10(15)14-7-3-4-8(14)12(16)17/h8-9,13,16-17H,3-7H2,1-2H3. The third-order valence-electron chi connectivity index (χ3n) is 4.14. The average molecular weight is 272 g/mol. The van der Waals surface area contributed by atoms with Crippen molar-refractivity contribution in [2.75, 3.05) is 12.8 Å². The first-order valence-corrected chi connectivity index (χ1v) is 7.67. The molecular weight excluding hydrogens is 251 g/mol. The van der Waals surface area contributed by atoms with Crippen LogP contribution in [0.1, 0.15) is 32.6 Å². The maximum Gasteiger partial charge on any atom is 0.475 e. The van der Waals surface area contributed by atoms with Crippen LogP contribution in [-0.4, -0.2) is 52.8 Å². The summed E-state index contributed by atoms with van der Waals surface area (Å²) in [5.74, 6) is -0.425. The fraction of sp³-hybridized carbons (Fsp3) is 0.909. The maximum atomic E-state index is 12.6. The Morgan fingerprint density at radius 2 is 2.22 bits per heavy atom. The highest BCUT2D eigenvalue weighted by molar-refractivity contribution is 7.96. The van der Waals surface area contributed by atoms with E-state index < -0.39 is 13.1 Å². The van der Waals surface area contributed by atoms with Gasteiger partial charge in [0.2, 0.25) is 5.91 Å². The normalized spacial score (nSPS) is 27.1. The van der Waals surface area contributed by atoms with E-state index in [0.717, 1.165) is 19.3 Å². The third kappa shape index (κ3) is 2.69. The number of nitrogens with one attached hydrogen (secondary N) is 1. The van der Waals surface area contributed by atoms with Crippen LogP contribution in [0.5, 0.6) is 0 Å². The van der Waals surface area contributed by atoms with Gasteiger partial charge in [-0.2, -0.15) is 0 Å². The molecule has 1 aliphatic carbocycles. The van der Waals surface area contributed by atoms with Gasteiger partial charge in [-0.15, -0.1) is 0 Å². The van der Waals surface area contributed by atoms with E-state index in [1.54, 1.807) is 4.90 Å². The summed E-state index contributed by atoms with van der Waals surface area (Å²) in [6, 6.07) is -0.216. The topological polar surface area (TPSA) is 72.8 Å². The summed E-state index contributed by atoms with van der Waals surface area (Å²) in [5.41, 5.74) is 0.0354. The van der Waals surface area contributed by atoms with Gasteiger partial charge in [-0.1, -0.05) is 18.9 Å². The van der Waals surface area contributed by atoms with Gasteiger partial charge in [-0.3, -0.25) is 9.52 Å². The number of carbonyl (C=O) groups excluding carboxylic acids is 1. The number of likely N-dealkylation sites (tertiary alicyclic amines) is 1. The molecule has 2 atom stereocenters. The molecule has 1 saturated carbocycles. The van der Waals surface area contributed by atoms with Gasteiger partial charge in [0.15, 0.2) is 0 Å². The molecule has 3 N–H and O–H groups in total. The number of amides is 1. The summed E-state index contributed by atoms with van der Waals surface area (Å²) >= 11 is 1.45. The lowest BCUT2D eigenvalue weighted by molar-refractivity contribution is -0.134. The van der Waals surface area contributed by atoms with Gasteiger partial charge in [-0.05, 0) is 37.4 Å². The van der Waals surface area contributed by atoms with E-state index in [4.69, 9.17) is 0 Å². The first-order chi connectivity index (χ1) is 8.49. The molecule has 0 spiro atoms. The Morgan fingerprint density at radius 3 is 2.72 bits per heavy atom. The van der Waals surface area contributed by atoms with E-state index >= 15 is 0 Å². The van der Waals surface area contributed by atoms with Crippen molar-refractivity contribution in [3.05, 3.63) is 0 Å². The molecule has 5 nitrogen and oxygen atoms in total. The summed E-state index contributed by atoms with van der Waals surface area (Å²) in [6.07, 6.45) is 5.53. The highest BCUT2D eigenvalue weighted by Gasteiger charge is 2.51. The van der Waals surface area contributed by atoms with Gasteiger partial charge in [-0.25, -0.2) is 0 Å². The van der Waals surface area contributed by atoms with E-state index in [1.807, 2.05) is 6.26 Å². The average Bonchev–Trinajstić information content (AvgIpc) is 2.89. The number of nitrogens with zero attached hydrogens (tertiary/aromatic N) is 1. The lowest BCUT2D eigenvalue weighted by Gasteiger charge is -2.31. The Morgan fingerprint density at radius 1 is 1.56 bits per heavy atom. The van der Waals surface area contributed by atoms with Crippen LogP contribution in [0.3, 0.4) is 0 Å². The molecule has 2 aliphatic rings. The van der Waals surface area contributed by atoms with E-state index in [9.17, 15) is 14.8 Å². The summed E-state index contributed by atoms with van der Waals surface area (Å²) in [7, 11) is -1.43. The lowest BCUT2D eigenvalue weighted by atomic mass is 9.77. The van der Waals surface area contributed by atoms with Crippen molar-refractivity contribution < 1.29 is 14.8 Å². The zero-order valence-corrected chi connectivity index (χ0v) is 11.7. The highest BCUT2D eigenvalue weighted by Crippen LogP contribution is 2.49. The Hall–Kier alpha value is -0.235. The molecule has 1 aliphatic heterocycles. The van der Waals surface area contributed by atoms with Gasteiger partial charge in [0.05, 0.1) is 5.94 Å². The molecule has 2 rings (SSSR count). The van der Waals surface area contributed by atoms with Crippen LogP contribution in [0, 0.1) is 5.41 Å².